The number of anilines is 1. The summed E-state index contributed by atoms with van der Waals surface area (Å²) in [5, 5.41) is 9.15. The second-order valence-corrected chi connectivity index (χ2v) is 8.16. The lowest BCUT2D eigenvalue weighted by Crippen LogP contribution is -2.12. The van der Waals surface area contributed by atoms with Crippen LogP contribution in [-0.4, -0.2) is 20.7 Å². The molecule has 0 radical (unpaired) electrons. The topological polar surface area (TPSA) is 49.8 Å². The Hall–Kier alpha value is -4.48. The average Bonchev–Trinajstić information content (AvgIpc) is 3.22. The molecule has 2 aromatic rings. The number of likely N-dealkylation sites (N-methyl/N-ethyl adjacent to an activating group) is 1. The molecule has 0 fully saturated rings. The first-order valence-electron chi connectivity index (χ1n) is 11.0. The van der Waals surface area contributed by atoms with E-state index in [9.17, 15) is 0 Å². The first kappa shape index (κ1) is 22.7. The Morgan fingerprint density at radius 2 is 1.88 bits per heavy atom. The fourth-order valence-electron chi connectivity index (χ4n) is 4.06. The van der Waals surface area contributed by atoms with Gasteiger partial charge in [0.2, 0.25) is 0 Å². The first-order chi connectivity index (χ1) is 16.5. The van der Waals surface area contributed by atoms with Crippen LogP contribution in [0, 0.1) is 17.9 Å². The van der Waals surface area contributed by atoms with Gasteiger partial charge in [-0.25, -0.2) is 10.1 Å². The van der Waals surface area contributed by atoms with Crippen molar-refractivity contribution < 1.29 is 9.47 Å². The monoisotopic (exact) mass is 447 g/mol. The van der Waals surface area contributed by atoms with E-state index < -0.39 is 0 Å². The van der Waals surface area contributed by atoms with Gasteiger partial charge >= 0.3 is 0 Å². The van der Waals surface area contributed by atoms with Crippen molar-refractivity contribution in [2.45, 2.75) is 13.3 Å². The lowest BCUT2D eigenvalue weighted by Gasteiger charge is -2.13. The molecule has 34 heavy (non-hydrogen) atoms. The summed E-state index contributed by atoms with van der Waals surface area (Å²) in [7, 11) is 3.79. The van der Waals surface area contributed by atoms with Gasteiger partial charge in [0.05, 0.1) is 19.8 Å². The summed E-state index contributed by atoms with van der Waals surface area (Å²) < 4.78 is 11.4. The van der Waals surface area contributed by atoms with Crippen LogP contribution in [0.25, 0.3) is 23.1 Å². The number of methoxy groups -OCH3 is 1. The van der Waals surface area contributed by atoms with E-state index in [-0.39, 0.29) is 5.70 Å². The maximum Gasteiger partial charge on any atom is 0.269 e. The molecule has 0 bridgehead atoms. The molecule has 0 aromatic heterocycles. The van der Waals surface area contributed by atoms with Crippen LogP contribution in [0.1, 0.15) is 29.2 Å². The van der Waals surface area contributed by atoms with E-state index >= 15 is 0 Å². The molecule has 0 unspecified atom stereocenters. The highest BCUT2D eigenvalue weighted by Gasteiger charge is 2.15. The normalized spacial score (nSPS) is 16.4. The lowest BCUT2D eigenvalue weighted by atomic mass is 10.0. The Morgan fingerprint density at radius 1 is 1.12 bits per heavy atom. The van der Waals surface area contributed by atoms with Crippen molar-refractivity contribution in [1.29, 1.82) is 5.26 Å². The standard InChI is InChI=1S/C29H25N3O2/c1-20-15-25(27(19-30)31-2)18-26(34-20)11-7-22-6-10-23(29(17-22)33-4)9-5-21-8-12-28-24(16-21)13-14-32(28)3/h5-12,15-18H,13-14H2,1,3-4H3/b9-5+,11-7+,27-25+. The summed E-state index contributed by atoms with van der Waals surface area (Å²) in [4.78, 5) is 5.57. The third-order valence-corrected chi connectivity index (χ3v) is 5.81. The zero-order valence-corrected chi connectivity index (χ0v) is 19.5. The van der Waals surface area contributed by atoms with E-state index in [1.54, 1.807) is 26.2 Å². The van der Waals surface area contributed by atoms with Crippen molar-refractivity contribution in [3.8, 4) is 11.8 Å². The van der Waals surface area contributed by atoms with Gasteiger partial charge in [-0.15, -0.1) is 0 Å². The van der Waals surface area contributed by atoms with E-state index in [2.05, 4.69) is 47.1 Å². The predicted octanol–water partition coefficient (Wildman–Crippen LogP) is 6.39. The van der Waals surface area contributed by atoms with E-state index in [0.29, 0.717) is 17.1 Å². The van der Waals surface area contributed by atoms with E-state index in [1.807, 2.05) is 36.4 Å². The summed E-state index contributed by atoms with van der Waals surface area (Å²) in [5.41, 5.74) is 6.41. The third kappa shape index (κ3) is 4.95. The highest BCUT2D eigenvalue weighted by atomic mass is 16.5. The van der Waals surface area contributed by atoms with Crippen LogP contribution in [0.3, 0.4) is 0 Å². The number of ether oxygens (including phenoxy) is 2. The molecular weight excluding hydrogens is 422 g/mol. The molecule has 2 aliphatic heterocycles. The minimum atomic E-state index is 0.0433. The molecule has 2 heterocycles. The second-order valence-electron chi connectivity index (χ2n) is 8.16. The molecular formula is C29H25N3O2. The molecule has 0 saturated heterocycles. The Bertz CT molecular complexity index is 1340. The van der Waals surface area contributed by atoms with Crippen molar-refractivity contribution in [1.82, 2.24) is 0 Å². The largest absolute Gasteiger partial charge is 0.496 e. The maximum absolute atomic E-state index is 9.15. The molecule has 0 atom stereocenters. The number of hydrogen-bond acceptors (Lipinski definition) is 4. The zero-order chi connectivity index (χ0) is 24.1. The van der Waals surface area contributed by atoms with E-state index in [4.69, 9.17) is 21.3 Å². The quantitative estimate of drug-likeness (QED) is 0.303. The minimum Gasteiger partial charge on any atom is -0.496 e. The number of allylic oxidation sites excluding steroid dienone is 6. The van der Waals surface area contributed by atoms with Crippen molar-refractivity contribution in [2.24, 2.45) is 0 Å². The molecule has 0 N–H and O–H groups in total. The molecule has 0 spiro atoms. The molecule has 168 valence electrons. The SMILES string of the molecule is [C-]#[N+]/C(C#N)=C1\C=C(C)OC(/C=C/c2ccc(/C=C/c3ccc4c(c3)CCN4C)c(OC)c2)=C1. The number of rotatable bonds is 5. The van der Waals surface area contributed by atoms with Crippen LogP contribution in [0.2, 0.25) is 0 Å². The first-order valence-corrected chi connectivity index (χ1v) is 11.0. The summed E-state index contributed by atoms with van der Waals surface area (Å²) >= 11 is 0. The third-order valence-electron chi connectivity index (χ3n) is 5.81. The Balaban J connectivity index is 1.53. The van der Waals surface area contributed by atoms with Crippen LogP contribution in [-0.2, 0) is 11.2 Å². The van der Waals surface area contributed by atoms with Gasteiger partial charge in [-0.3, -0.25) is 0 Å². The van der Waals surface area contributed by atoms with E-state index in [0.717, 1.165) is 29.8 Å². The van der Waals surface area contributed by atoms with Crippen molar-refractivity contribution in [3.63, 3.8) is 0 Å². The highest BCUT2D eigenvalue weighted by molar-refractivity contribution is 5.75. The Kier molecular flexibility index (Phi) is 6.67. The fraction of sp³-hybridized carbons (Fsp3) is 0.172. The van der Waals surface area contributed by atoms with Crippen LogP contribution in [0.15, 0.2) is 77.4 Å². The summed E-state index contributed by atoms with van der Waals surface area (Å²) in [6.45, 7) is 10.0. The summed E-state index contributed by atoms with van der Waals surface area (Å²) in [5.74, 6) is 1.97. The summed E-state index contributed by atoms with van der Waals surface area (Å²) in [6, 6.07) is 14.5. The Labute approximate surface area is 200 Å². The second kappa shape index (κ2) is 9.98. The molecule has 2 aromatic carbocycles. The van der Waals surface area contributed by atoms with E-state index in [1.165, 1.54) is 16.8 Å². The minimum absolute atomic E-state index is 0.0433. The predicted molar refractivity (Wildman–Crippen MR) is 137 cm³/mol. The highest BCUT2D eigenvalue weighted by Crippen LogP contribution is 2.29. The van der Waals surface area contributed by atoms with Crippen molar-refractivity contribution in [3.05, 3.63) is 111 Å². The number of hydrogen-bond donors (Lipinski definition) is 0. The molecule has 2 aliphatic rings. The van der Waals surface area contributed by atoms with Crippen LogP contribution < -0.4 is 9.64 Å². The van der Waals surface area contributed by atoms with Gasteiger partial charge in [0.15, 0.2) is 0 Å². The van der Waals surface area contributed by atoms with Gasteiger partial charge < -0.3 is 14.4 Å². The fourth-order valence-corrected chi connectivity index (χ4v) is 4.06. The van der Waals surface area contributed by atoms with Gasteiger partial charge in [-0.2, -0.15) is 0 Å². The number of benzene rings is 2. The number of nitriles is 1. The van der Waals surface area contributed by atoms with Crippen molar-refractivity contribution >= 4 is 23.9 Å². The van der Waals surface area contributed by atoms with Gasteiger partial charge in [0.1, 0.15) is 17.3 Å². The van der Waals surface area contributed by atoms with Crippen LogP contribution in [0.4, 0.5) is 5.69 Å². The van der Waals surface area contributed by atoms with Crippen LogP contribution in [0.5, 0.6) is 5.75 Å². The molecule has 0 aliphatic carbocycles. The van der Waals surface area contributed by atoms with Crippen molar-refractivity contribution in [2.75, 3.05) is 25.6 Å². The lowest BCUT2D eigenvalue weighted by molar-refractivity contribution is 0.318. The average molecular weight is 448 g/mol. The molecule has 5 heteroatoms. The maximum atomic E-state index is 9.15. The summed E-state index contributed by atoms with van der Waals surface area (Å²) in [6.07, 6.45) is 12.4. The van der Waals surface area contributed by atoms with Gasteiger partial charge in [0.25, 0.3) is 5.70 Å². The van der Waals surface area contributed by atoms with Gasteiger partial charge in [-0.1, -0.05) is 36.4 Å². The zero-order valence-electron chi connectivity index (χ0n) is 19.5. The Morgan fingerprint density at radius 3 is 2.65 bits per heavy atom. The molecule has 0 saturated carbocycles. The van der Waals surface area contributed by atoms with Gasteiger partial charge in [-0.05, 0) is 72.0 Å². The molecule has 0 amide bonds. The molecule has 4 rings (SSSR count). The smallest absolute Gasteiger partial charge is 0.269 e. The van der Waals surface area contributed by atoms with Crippen LogP contribution >= 0.6 is 0 Å². The van der Waals surface area contributed by atoms with Gasteiger partial charge in [0, 0.05) is 24.8 Å². The number of fused-ring (bicyclic) bond motifs is 1. The number of nitrogens with zero attached hydrogens (tertiary/aromatic N) is 3. The molecule has 5 nitrogen and oxygen atoms in total.